The second-order valence-electron chi connectivity index (χ2n) is 9.61. The van der Waals surface area contributed by atoms with Crippen LogP contribution in [0.4, 0.5) is 4.79 Å². The predicted molar refractivity (Wildman–Crippen MR) is 145 cm³/mol. The highest BCUT2D eigenvalue weighted by Crippen LogP contribution is 2.34. The zero-order valence-electron chi connectivity index (χ0n) is 21.9. The molecule has 1 amide bonds. The minimum absolute atomic E-state index is 0.128. The van der Waals surface area contributed by atoms with E-state index in [-0.39, 0.29) is 19.8 Å². The molecule has 0 spiro atoms. The smallest absolute Gasteiger partial charge is 0.410 e. The van der Waals surface area contributed by atoms with Crippen LogP contribution in [-0.4, -0.2) is 55.5 Å². The number of esters is 1. The number of rotatable bonds is 8. The van der Waals surface area contributed by atoms with Crippen molar-refractivity contribution in [1.29, 1.82) is 0 Å². The Balaban J connectivity index is 1.66. The molecular weight excluding hydrogens is 517 g/mol. The number of aryl methyl sites for hydroxylation is 1. The van der Waals surface area contributed by atoms with Crippen molar-refractivity contribution >= 4 is 40.8 Å². The van der Waals surface area contributed by atoms with Gasteiger partial charge in [0.15, 0.2) is 5.75 Å². The van der Waals surface area contributed by atoms with Gasteiger partial charge in [-0.2, -0.15) is 0 Å². The van der Waals surface area contributed by atoms with Crippen molar-refractivity contribution in [3.05, 3.63) is 63.1 Å². The van der Waals surface area contributed by atoms with Crippen LogP contribution in [0.1, 0.15) is 45.2 Å². The zero-order chi connectivity index (χ0) is 27.2. The third-order valence-corrected chi connectivity index (χ3v) is 6.02. The standard InChI is InChI=1S/C28H33Cl2NO6/c1-6-34-26(32)22-17-31(27(33)37-28(3,4)5)12-11-21(22)19-7-9-20(10-8-19)35-13-14-36-25-23(29)15-18(2)16-24(25)30/h7-10,15-16H,6,11-14,17H2,1-5H3. The number of carbonyl (C=O) groups is 2. The lowest BCUT2D eigenvalue weighted by Crippen LogP contribution is -2.42. The van der Waals surface area contributed by atoms with Gasteiger partial charge in [0.25, 0.3) is 0 Å². The van der Waals surface area contributed by atoms with Gasteiger partial charge in [-0.25, -0.2) is 9.59 Å². The average Bonchev–Trinajstić information content (AvgIpc) is 2.82. The highest BCUT2D eigenvalue weighted by molar-refractivity contribution is 6.37. The molecule has 1 aliphatic rings. The lowest BCUT2D eigenvalue weighted by molar-refractivity contribution is -0.138. The van der Waals surface area contributed by atoms with Crippen molar-refractivity contribution in [2.75, 3.05) is 32.9 Å². The molecule has 37 heavy (non-hydrogen) atoms. The average molecular weight is 550 g/mol. The summed E-state index contributed by atoms with van der Waals surface area (Å²) in [6, 6.07) is 11.0. The van der Waals surface area contributed by atoms with Crippen LogP contribution >= 0.6 is 23.2 Å². The summed E-state index contributed by atoms with van der Waals surface area (Å²) in [5, 5.41) is 0.912. The van der Waals surface area contributed by atoms with Gasteiger partial charge in [0.05, 0.1) is 28.8 Å². The second-order valence-corrected chi connectivity index (χ2v) is 10.4. The Morgan fingerprint density at radius 2 is 1.62 bits per heavy atom. The first-order valence-electron chi connectivity index (χ1n) is 12.2. The fourth-order valence-electron chi connectivity index (χ4n) is 3.85. The maximum absolute atomic E-state index is 12.7. The van der Waals surface area contributed by atoms with Crippen molar-refractivity contribution in [2.24, 2.45) is 0 Å². The monoisotopic (exact) mass is 549 g/mol. The van der Waals surface area contributed by atoms with Crippen molar-refractivity contribution in [3.63, 3.8) is 0 Å². The molecule has 0 radical (unpaired) electrons. The fourth-order valence-corrected chi connectivity index (χ4v) is 4.56. The minimum atomic E-state index is -0.620. The molecule has 1 aliphatic heterocycles. The van der Waals surface area contributed by atoms with E-state index in [0.717, 1.165) is 16.7 Å². The number of hydrogen-bond acceptors (Lipinski definition) is 6. The van der Waals surface area contributed by atoms with Crippen molar-refractivity contribution in [2.45, 2.75) is 46.6 Å². The number of halogens is 2. The van der Waals surface area contributed by atoms with E-state index in [1.165, 1.54) is 4.90 Å². The molecule has 0 unspecified atom stereocenters. The molecule has 0 aromatic heterocycles. The van der Waals surface area contributed by atoms with E-state index in [1.807, 2.05) is 52.0 Å². The number of benzene rings is 2. The third kappa shape index (κ3) is 8.04. The highest BCUT2D eigenvalue weighted by Gasteiger charge is 2.31. The van der Waals surface area contributed by atoms with E-state index in [2.05, 4.69) is 0 Å². The Morgan fingerprint density at radius 3 is 2.22 bits per heavy atom. The molecule has 200 valence electrons. The largest absolute Gasteiger partial charge is 0.490 e. The van der Waals surface area contributed by atoms with Gasteiger partial charge in [-0.15, -0.1) is 0 Å². The Kier molecular flexibility index (Phi) is 9.74. The molecular formula is C28H33Cl2NO6. The number of amides is 1. The summed E-state index contributed by atoms with van der Waals surface area (Å²) in [4.78, 5) is 26.9. The van der Waals surface area contributed by atoms with Crippen LogP contribution < -0.4 is 9.47 Å². The lowest BCUT2D eigenvalue weighted by atomic mass is 9.93. The molecule has 2 aromatic rings. The number of ether oxygens (including phenoxy) is 4. The van der Waals surface area contributed by atoms with Crippen LogP contribution in [0.2, 0.25) is 10.0 Å². The van der Waals surface area contributed by atoms with E-state index in [0.29, 0.717) is 46.7 Å². The van der Waals surface area contributed by atoms with Gasteiger partial charge < -0.3 is 23.8 Å². The Morgan fingerprint density at radius 1 is 1.00 bits per heavy atom. The van der Waals surface area contributed by atoms with Crippen LogP contribution in [0.3, 0.4) is 0 Å². The zero-order valence-corrected chi connectivity index (χ0v) is 23.4. The summed E-state index contributed by atoms with van der Waals surface area (Å²) < 4.78 is 22.3. The van der Waals surface area contributed by atoms with Crippen LogP contribution in [0, 0.1) is 6.92 Å². The van der Waals surface area contributed by atoms with Gasteiger partial charge in [-0.05, 0) is 82.0 Å². The first-order valence-corrected chi connectivity index (χ1v) is 12.9. The fraction of sp³-hybridized carbons (Fsp3) is 0.429. The van der Waals surface area contributed by atoms with Gasteiger partial charge in [0, 0.05) is 6.54 Å². The van der Waals surface area contributed by atoms with Crippen LogP contribution in [0.25, 0.3) is 5.57 Å². The summed E-state index contributed by atoms with van der Waals surface area (Å²) in [6.07, 6.45) is 0.0481. The van der Waals surface area contributed by atoms with Gasteiger partial charge >= 0.3 is 12.1 Å². The van der Waals surface area contributed by atoms with E-state index in [9.17, 15) is 9.59 Å². The molecule has 1 heterocycles. The van der Waals surface area contributed by atoms with Gasteiger partial charge in [0.2, 0.25) is 0 Å². The van der Waals surface area contributed by atoms with E-state index in [1.54, 1.807) is 19.1 Å². The van der Waals surface area contributed by atoms with Crippen LogP contribution in [0.5, 0.6) is 11.5 Å². The predicted octanol–water partition coefficient (Wildman–Crippen LogP) is 6.72. The Labute approximate surface area is 228 Å². The molecule has 0 bridgehead atoms. The molecule has 0 N–H and O–H groups in total. The summed E-state index contributed by atoms with van der Waals surface area (Å²) in [6.45, 7) is 10.5. The molecule has 2 aromatic carbocycles. The number of hydrogen-bond donors (Lipinski definition) is 0. The SMILES string of the molecule is CCOC(=O)C1=C(c2ccc(OCCOc3c(Cl)cc(C)cc3Cl)cc2)CCN(C(=O)OC(C)(C)C)C1. The van der Waals surface area contributed by atoms with Gasteiger partial charge in [0.1, 0.15) is 24.6 Å². The molecule has 7 nitrogen and oxygen atoms in total. The number of carbonyl (C=O) groups excluding carboxylic acids is 2. The van der Waals surface area contributed by atoms with Crippen LogP contribution in [0.15, 0.2) is 42.0 Å². The molecule has 0 fully saturated rings. The molecule has 0 aliphatic carbocycles. The van der Waals surface area contributed by atoms with E-state index >= 15 is 0 Å². The first-order chi connectivity index (χ1) is 17.5. The molecule has 9 heteroatoms. The van der Waals surface area contributed by atoms with Crippen molar-refractivity contribution in [3.8, 4) is 11.5 Å². The molecule has 3 rings (SSSR count). The van der Waals surface area contributed by atoms with Gasteiger partial charge in [-0.1, -0.05) is 35.3 Å². The van der Waals surface area contributed by atoms with E-state index in [4.69, 9.17) is 42.1 Å². The summed E-state index contributed by atoms with van der Waals surface area (Å²) >= 11 is 12.4. The summed E-state index contributed by atoms with van der Waals surface area (Å²) in [7, 11) is 0. The van der Waals surface area contributed by atoms with E-state index < -0.39 is 17.7 Å². The second kappa shape index (κ2) is 12.6. The normalized spacial score (nSPS) is 13.9. The highest BCUT2D eigenvalue weighted by atomic mass is 35.5. The molecule has 0 atom stereocenters. The molecule has 0 saturated carbocycles. The third-order valence-electron chi connectivity index (χ3n) is 5.46. The van der Waals surface area contributed by atoms with Crippen molar-refractivity contribution < 1.29 is 28.5 Å². The van der Waals surface area contributed by atoms with Gasteiger partial charge in [-0.3, -0.25) is 0 Å². The number of nitrogens with zero attached hydrogens (tertiary/aromatic N) is 1. The maximum atomic E-state index is 12.7. The Hall–Kier alpha value is -2.90. The molecule has 0 saturated heterocycles. The first kappa shape index (κ1) is 28.7. The van der Waals surface area contributed by atoms with Crippen LogP contribution in [-0.2, 0) is 14.3 Å². The Bertz CT molecular complexity index is 1130. The minimum Gasteiger partial charge on any atom is -0.490 e. The summed E-state index contributed by atoms with van der Waals surface area (Å²) in [5.41, 5.74) is 2.50. The lowest BCUT2D eigenvalue weighted by Gasteiger charge is -2.32. The van der Waals surface area contributed by atoms with Crippen molar-refractivity contribution in [1.82, 2.24) is 4.90 Å². The summed E-state index contributed by atoms with van der Waals surface area (Å²) in [5.74, 6) is 0.652. The topological polar surface area (TPSA) is 74.3 Å². The maximum Gasteiger partial charge on any atom is 0.410 e. The quantitative estimate of drug-likeness (QED) is 0.269.